The molecule has 0 fully saturated rings. The monoisotopic (exact) mass is 398 g/mol. The van der Waals surface area contributed by atoms with Crippen molar-refractivity contribution in [2.24, 2.45) is 7.05 Å². The van der Waals surface area contributed by atoms with Gasteiger partial charge >= 0.3 is 0 Å². The highest BCUT2D eigenvalue weighted by molar-refractivity contribution is 7.13. The molecule has 1 unspecified atom stereocenters. The summed E-state index contributed by atoms with van der Waals surface area (Å²) in [5.41, 5.74) is 3.82. The quantitative estimate of drug-likeness (QED) is 0.444. The van der Waals surface area contributed by atoms with Crippen LogP contribution in [0.25, 0.3) is 21.5 Å². The van der Waals surface area contributed by atoms with Crippen LogP contribution in [-0.2, 0) is 7.05 Å². The molecule has 0 aliphatic carbocycles. The zero-order chi connectivity index (χ0) is 19.1. The zero-order valence-electron chi connectivity index (χ0n) is 14.7. The van der Waals surface area contributed by atoms with Gasteiger partial charge in [-0.15, -0.1) is 11.3 Å². The van der Waals surface area contributed by atoms with Crippen molar-refractivity contribution in [3.63, 3.8) is 0 Å². The van der Waals surface area contributed by atoms with E-state index in [-0.39, 0.29) is 5.56 Å². The average Bonchev–Trinajstić information content (AvgIpc) is 3.10. The number of nitrogens with zero attached hydrogens (tertiary/aromatic N) is 2. The second-order valence-electron chi connectivity index (χ2n) is 6.46. The summed E-state index contributed by atoms with van der Waals surface area (Å²) in [6.07, 6.45) is -1.37. The van der Waals surface area contributed by atoms with Crippen molar-refractivity contribution >= 4 is 34.0 Å². The van der Waals surface area contributed by atoms with E-state index in [4.69, 9.17) is 11.6 Å². The third-order valence-electron chi connectivity index (χ3n) is 4.53. The second-order valence-corrected chi connectivity index (χ2v) is 7.81. The van der Waals surface area contributed by atoms with E-state index in [1.807, 2.05) is 18.4 Å². The van der Waals surface area contributed by atoms with Gasteiger partial charge < -0.3 is 4.57 Å². The van der Waals surface area contributed by atoms with Crippen molar-refractivity contribution in [3.8, 4) is 10.4 Å². The van der Waals surface area contributed by atoms with E-state index < -0.39 is 6.17 Å². The number of alkyl halides is 1. The van der Waals surface area contributed by atoms with E-state index in [1.54, 1.807) is 60.8 Å². The number of fused-ring (bicyclic) bond motifs is 1. The molecule has 4 rings (SSSR count). The van der Waals surface area contributed by atoms with Crippen molar-refractivity contribution in [1.82, 2.24) is 9.55 Å². The summed E-state index contributed by atoms with van der Waals surface area (Å²) in [6, 6.07) is 13.6. The molecule has 27 heavy (non-hydrogen) atoms. The summed E-state index contributed by atoms with van der Waals surface area (Å²) >= 11 is 7.44. The Balaban J connectivity index is 1.91. The first-order valence-electron chi connectivity index (χ1n) is 8.40. The molecule has 3 heterocycles. The number of aromatic nitrogens is 2. The van der Waals surface area contributed by atoms with Crippen LogP contribution < -0.4 is 5.56 Å². The van der Waals surface area contributed by atoms with Crippen LogP contribution in [0.1, 0.15) is 23.0 Å². The lowest BCUT2D eigenvalue weighted by Gasteiger charge is -2.13. The van der Waals surface area contributed by atoms with Crippen LogP contribution in [0.4, 0.5) is 4.39 Å². The van der Waals surface area contributed by atoms with Crippen LogP contribution in [0.2, 0.25) is 5.02 Å². The van der Waals surface area contributed by atoms with Crippen LogP contribution >= 0.6 is 22.9 Å². The molecule has 0 aliphatic heterocycles. The van der Waals surface area contributed by atoms with Gasteiger partial charge in [-0.1, -0.05) is 23.7 Å². The van der Waals surface area contributed by atoms with Gasteiger partial charge in [0.1, 0.15) is 0 Å². The Morgan fingerprint density at radius 2 is 1.89 bits per heavy atom. The molecule has 1 atom stereocenters. The number of benzene rings is 1. The third kappa shape index (κ3) is 3.29. The summed E-state index contributed by atoms with van der Waals surface area (Å²) in [4.78, 5) is 17.9. The highest BCUT2D eigenvalue weighted by Crippen LogP contribution is 2.33. The lowest BCUT2D eigenvalue weighted by Crippen LogP contribution is -2.17. The number of thiophene rings is 1. The minimum absolute atomic E-state index is 0.118. The molecule has 0 bridgehead atoms. The summed E-state index contributed by atoms with van der Waals surface area (Å²) in [5.74, 6) is 0. The fraction of sp³-hybridized carbons (Fsp3) is 0.143. The summed E-state index contributed by atoms with van der Waals surface area (Å²) in [5, 5.41) is 2.58. The third-order valence-corrected chi connectivity index (χ3v) is 5.86. The molecule has 4 aromatic rings. The van der Waals surface area contributed by atoms with Gasteiger partial charge in [0.15, 0.2) is 6.17 Å². The van der Waals surface area contributed by atoms with E-state index in [9.17, 15) is 4.79 Å². The number of aryl methyl sites for hydroxylation is 2. The summed E-state index contributed by atoms with van der Waals surface area (Å²) in [7, 11) is 1.70. The predicted molar refractivity (Wildman–Crippen MR) is 109 cm³/mol. The molecule has 0 aliphatic rings. The van der Waals surface area contributed by atoms with Crippen molar-refractivity contribution in [3.05, 3.63) is 86.1 Å². The van der Waals surface area contributed by atoms with Gasteiger partial charge in [-0.3, -0.25) is 4.79 Å². The first-order chi connectivity index (χ1) is 12.9. The van der Waals surface area contributed by atoms with Crippen molar-refractivity contribution in [1.29, 1.82) is 0 Å². The number of halogens is 2. The standard InChI is InChI=1S/C21H16ClFN2OS/c1-12-9-18(27-11-12)15-10-19(26)25(2)17-8-7-16(24-21(15)17)20(23)13-3-5-14(22)6-4-13/h3-11,20H,1-2H3. The normalized spacial score (nSPS) is 12.4. The smallest absolute Gasteiger partial charge is 0.251 e. The molecular formula is C21H16ClFN2OS. The first-order valence-corrected chi connectivity index (χ1v) is 9.65. The molecule has 3 nitrogen and oxygen atoms in total. The Kier molecular flexibility index (Phi) is 4.58. The maximum Gasteiger partial charge on any atom is 0.251 e. The Morgan fingerprint density at radius 1 is 1.15 bits per heavy atom. The first kappa shape index (κ1) is 17.9. The van der Waals surface area contributed by atoms with Crippen LogP contribution in [-0.4, -0.2) is 9.55 Å². The Morgan fingerprint density at radius 3 is 2.56 bits per heavy atom. The van der Waals surface area contributed by atoms with Gasteiger partial charge in [-0.2, -0.15) is 0 Å². The minimum Gasteiger partial charge on any atom is -0.310 e. The largest absolute Gasteiger partial charge is 0.310 e. The Hall–Kier alpha value is -2.50. The molecule has 0 N–H and O–H groups in total. The summed E-state index contributed by atoms with van der Waals surface area (Å²) in [6.45, 7) is 2.00. The molecule has 0 saturated carbocycles. The van der Waals surface area contributed by atoms with Crippen molar-refractivity contribution < 1.29 is 4.39 Å². The van der Waals surface area contributed by atoms with Gasteiger partial charge in [0.05, 0.1) is 16.7 Å². The van der Waals surface area contributed by atoms with Gasteiger partial charge in [0.2, 0.25) is 0 Å². The number of pyridine rings is 2. The van der Waals surface area contributed by atoms with Gasteiger partial charge in [-0.25, -0.2) is 9.37 Å². The van der Waals surface area contributed by atoms with E-state index in [0.29, 0.717) is 27.3 Å². The zero-order valence-corrected chi connectivity index (χ0v) is 16.3. The molecule has 0 saturated heterocycles. The molecule has 136 valence electrons. The maximum absolute atomic E-state index is 15.1. The fourth-order valence-electron chi connectivity index (χ4n) is 3.05. The number of rotatable bonds is 3. The van der Waals surface area contributed by atoms with Crippen LogP contribution in [0.15, 0.2) is 58.7 Å². The molecule has 6 heteroatoms. The maximum atomic E-state index is 15.1. The average molecular weight is 399 g/mol. The Bertz CT molecular complexity index is 1200. The van der Waals surface area contributed by atoms with E-state index >= 15 is 4.39 Å². The second kappa shape index (κ2) is 6.91. The van der Waals surface area contributed by atoms with Crippen molar-refractivity contribution in [2.45, 2.75) is 13.1 Å². The highest BCUT2D eigenvalue weighted by atomic mass is 35.5. The van der Waals surface area contributed by atoms with E-state index in [2.05, 4.69) is 4.98 Å². The highest BCUT2D eigenvalue weighted by Gasteiger charge is 2.18. The van der Waals surface area contributed by atoms with Gasteiger partial charge in [0, 0.05) is 28.6 Å². The van der Waals surface area contributed by atoms with Gasteiger partial charge in [-0.05, 0) is 53.8 Å². The molecular weight excluding hydrogens is 383 g/mol. The fourth-order valence-corrected chi connectivity index (χ4v) is 4.09. The molecule has 0 spiro atoms. The predicted octanol–water partition coefficient (Wildman–Crippen LogP) is 5.68. The minimum atomic E-state index is -1.37. The van der Waals surface area contributed by atoms with Gasteiger partial charge in [0.25, 0.3) is 5.56 Å². The summed E-state index contributed by atoms with van der Waals surface area (Å²) < 4.78 is 16.6. The number of hydrogen-bond donors (Lipinski definition) is 0. The van der Waals surface area contributed by atoms with E-state index in [1.165, 1.54) is 4.57 Å². The topological polar surface area (TPSA) is 34.9 Å². The number of hydrogen-bond acceptors (Lipinski definition) is 3. The van der Waals surface area contributed by atoms with Crippen molar-refractivity contribution in [2.75, 3.05) is 0 Å². The lowest BCUT2D eigenvalue weighted by atomic mass is 10.1. The molecule has 0 radical (unpaired) electrons. The molecule has 0 amide bonds. The Labute approximate surface area is 164 Å². The molecule has 1 aromatic carbocycles. The SMILES string of the molecule is Cc1csc(-c2cc(=O)n(C)c3ccc(C(F)c4ccc(Cl)cc4)nc23)c1. The van der Waals surface area contributed by atoms with Crippen LogP contribution in [0.3, 0.4) is 0 Å². The molecule has 3 aromatic heterocycles. The van der Waals surface area contributed by atoms with Crippen LogP contribution in [0.5, 0.6) is 0 Å². The van der Waals surface area contributed by atoms with E-state index in [0.717, 1.165) is 16.0 Å². The lowest BCUT2D eigenvalue weighted by molar-refractivity contribution is 0.394. The van der Waals surface area contributed by atoms with Crippen LogP contribution in [0, 0.1) is 6.92 Å².